The van der Waals surface area contributed by atoms with E-state index in [0.717, 1.165) is 29.2 Å². The van der Waals surface area contributed by atoms with E-state index in [9.17, 15) is 4.79 Å². The zero-order valence-electron chi connectivity index (χ0n) is 14.6. The van der Waals surface area contributed by atoms with E-state index < -0.39 is 5.60 Å². The lowest BCUT2D eigenvalue weighted by Crippen LogP contribution is -2.36. The van der Waals surface area contributed by atoms with Gasteiger partial charge in [0.25, 0.3) is 0 Å². The summed E-state index contributed by atoms with van der Waals surface area (Å²) >= 11 is 0. The molecule has 5 nitrogen and oxygen atoms in total. The second kappa shape index (κ2) is 6.27. The number of rotatable bonds is 8. The molecule has 1 aromatic heterocycles. The van der Waals surface area contributed by atoms with Crippen molar-refractivity contribution in [3.63, 3.8) is 0 Å². The summed E-state index contributed by atoms with van der Waals surface area (Å²) in [6.07, 6.45) is 5.18. The molecule has 0 atom stereocenters. The fourth-order valence-electron chi connectivity index (χ4n) is 3.04. The summed E-state index contributed by atoms with van der Waals surface area (Å²) in [6, 6.07) is 0. The van der Waals surface area contributed by atoms with Crippen molar-refractivity contribution in [2.24, 2.45) is 11.8 Å². The Kier molecular flexibility index (Phi) is 4.50. The molecule has 128 valence electrons. The minimum absolute atomic E-state index is 0.243. The molecule has 0 N–H and O–H groups in total. The van der Waals surface area contributed by atoms with Gasteiger partial charge >= 0.3 is 5.97 Å². The fourth-order valence-corrected chi connectivity index (χ4v) is 3.04. The predicted molar refractivity (Wildman–Crippen MR) is 84.9 cm³/mol. The highest BCUT2D eigenvalue weighted by Crippen LogP contribution is 2.54. The molecule has 2 fully saturated rings. The van der Waals surface area contributed by atoms with Crippen molar-refractivity contribution in [1.82, 2.24) is 4.98 Å². The summed E-state index contributed by atoms with van der Waals surface area (Å²) < 4.78 is 16.8. The monoisotopic (exact) mass is 321 g/mol. The molecule has 1 aromatic rings. The zero-order chi connectivity index (χ0) is 16.6. The molecule has 2 saturated carbocycles. The first kappa shape index (κ1) is 16.5. The molecule has 23 heavy (non-hydrogen) atoms. The third kappa shape index (κ3) is 3.77. The van der Waals surface area contributed by atoms with E-state index in [-0.39, 0.29) is 12.6 Å². The standard InChI is InChI=1S/C18H27NO4/c1-5-21-17(20)18(3,4)22-10-14-11(2)19-16(23-14)15(12-6-7-12)13-8-9-13/h12-13,15H,5-10H2,1-4H3. The summed E-state index contributed by atoms with van der Waals surface area (Å²) in [7, 11) is 0. The maximum atomic E-state index is 11.9. The van der Waals surface area contributed by atoms with E-state index in [1.54, 1.807) is 20.8 Å². The maximum absolute atomic E-state index is 11.9. The second-order valence-corrected chi connectivity index (χ2v) is 7.28. The molecule has 2 aliphatic rings. The van der Waals surface area contributed by atoms with E-state index in [2.05, 4.69) is 4.98 Å². The molecule has 0 aromatic carbocycles. The number of aryl methyl sites for hydroxylation is 1. The van der Waals surface area contributed by atoms with E-state index in [1.807, 2.05) is 6.92 Å². The summed E-state index contributed by atoms with van der Waals surface area (Å²) in [5.74, 6) is 3.24. The lowest BCUT2D eigenvalue weighted by atomic mass is 9.98. The molecular weight excluding hydrogens is 294 g/mol. The lowest BCUT2D eigenvalue weighted by Gasteiger charge is -2.22. The zero-order valence-corrected chi connectivity index (χ0v) is 14.6. The van der Waals surface area contributed by atoms with E-state index in [1.165, 1.54) is 25.7 Å². The Morgan fingerprint density at radius 3 is 2.43 bits per heavy atom. The van der Waals surface area contributed by atoms with Gasteiger partial charge in [0, 0.05) is 5.92 Å². The van der Waals surface area contributed by atoms with Crippen molar-refractivity contribution in [2.45, 2.75) is 71.5 Å². The van der Waals surface area contributed by atoms with Crippen molar-refractivity contribution >= 4 is 5.97 Å². The van der Waals surface area contributed by atoms with Crippen LogP contribution in [0.4, 0.5) is 0 Å². The van der Waals surface area contributed by atoms with E-state index >= 15 is 0 Å². The van der Waals surface area contributed by atoms with Gasteiger partial charge in [-0.2, -0.15) is 0 Å². The summed E-state index contributed by atoms with van der Waals surface area (Å²) in [5.41, 5.74) is -0.118. The highest BCUT2D eigenvalue weighted by Gasteiger charge is 2.45. The first-order chi connectivity index (χ1) is 10.9. The SMILES string of the molecule is CCOC(=O)C(C)(C)OCc1oc(C(C2CC2)C2CC2)nc1C. The Morgan fingerprint density at radius 2 is 1.91 bits per heavy atom. The second-order valence-electron chi connectivity index (χ2n) is 7.28. The van der Waals surface area contributed by atoms with Gasteiger partial charge in [-0.15, -0.1) is 0 Å². The summed E-state index contributed by atoms with van der Waals surface area (Å²) in [5, 5.41) is 0. The molecule has 0 radical (unpaired) electrons. The minimum atomic E-state index is -0.984. The molecule has 0 aliphatic heterocycles. The molecule has 0 spiro atoms. The maximum Gasteiger partial charge on any atom is 0.337 e. The van der Waals surface area contributed by atoms with Crippen LogP contribution in [0.1, 0.15) is 69.7 Å². The lowest BCUT2D eigenvalue weighted by molar-refractivity contribution is -0.169. The number of nitrogens with zero attached hydrogens (tertiary/aromatic N) is 1. The van der Waals surface area contributed by atoms with Crippen LogP contribution in [0.3, 0.4) is 0 Å². The number of carbonyl (C=O) groups excluding carboxylic acids is 1. The van der Waals surface area contributed by atoms with Gasteiger partial charge in [0.05, 0.1) is 12.3 Å². The molecule has 0 saturated heterocycles. The number of ether oxygens (including phenoxy) is 2. The average Bonchev–Trinajstić information content (AvgIpc) is 3.39. The Labute approximate surface area is 137 Å². The van der Waals surface area contributed by atoms with Gasteiger partial charge in [0.2, 0.25) is 0 Å². The van der Waals surface area contributed by atoms with Crippen molar-refractivity contribution in [1.29, 1.82) is 0 Å². The predicted octanol–water partition coefficient (Wildman–Crippen LogP) is 3.74. The van der Waals surface area contributed by atoms with Crippen molar-refractivity contribution in [3.8, 4) is 0 Å². The summed E-state index contributed by atoms with van der Waals surface area (Å²) in [6.45, 7) is 7.76. The first-order valence-electron chi connectivity index (χ1n) is 8.69. The van der Waals surface area contributed by atoms with Crippen molar-refractivity contribution in [2.75, 3.05) is 6.61 Å². The Bertz CT molecular complexity index is 558. The Morgan fingerprint density at radius 1 is 1.30 bits per heavy atom. The molecule has 0 unspecified atom stereocenters. The number of esters is 1. The van der Waals surface area contributed by atoms with Gasteiger partial charge in [-0.1, -0.05) is 0 Å². The van der Waals surface area contributed by atoms with Crippen LogP contribution in [-0.4, -0.2) is 23.2 Å². The molecule has 2 aliphatic carbocycles. The van der Waals surface area contributed by atoms with Gasteiger partial charge in [0.15, 0.2) is 17.3 Å². The van der Waals surface area contributed by atoms with Crippen LogP contribution in [0.25, 0.3) is 0 Å². The normalized spacial score (nSPS) is 18.5. The van der Waals surface area contributed by atoms with Gasteiger partial charge in [-0.05, 0) is 65.2 Å². The van der Waals surface area contributed by atoms with Gasteiger partial charge in [-0.25, -0.2) is 9.78 Å². The molecular formula is C18H27NO4. The third-order valence-corrected chi connectivity index (χ3v) is 4.79. The number of carbonyl (C=O) groups is 1. The smallest absolute Gasteiger partial charge is 0.337 e. The highest BCUT2D eigenvalue weighted by atomic mass is 16.6. The number of hydrogen-bond acceptors (Lipinski definition) is 5. The van der Waals surface area contributed by atoms with Crippen molar-refractivity contribution in [3.05, 3.63) is 17.3 Å². The molecule has 1 heterocycles. The Hall–Kier alpha value is -1.36. The van der Waals surface area contributed by atoms with Crippen LogP contribution in [0.2, 0.25) is 0 Å². The minimum Gasteiger partial charge on any atom is -0.464 e. The number of oxazole rings is 1. The quantitative estimate of drug-likeness (QED) is 0.682. The van der Waals surface area contributed by atoms with Gasteiger partial charge in [-0.3, -0.25) is 0 Å². The third-order valence-electron chi connectivity index (χ3n) is 4.79. The molecule has 5 heteroatoms. The highest BCUT2D eigenvalue weighted by molar-refractivity contribution is 5.78. The van der Waals surface area contributed by atoms with E-state index in [0.29, 0.717) is 12.5 Å². The van der Waals surface area contributed by atoms with Crippen LogP contribution in [0.15, 0.2) is 4.42 Å². The summed E-state index contributed by atoms with van der Waals surface area (Å²) in [4.78, 5) is 16.5. The molecule has 0 amide bonds. The van der Waals surface area contributed by atoms with Crippen LogP contribution >= 0.6 is 0 Å². The van der Waals surface area contributed by atoms with Gasteiger partial charge < -0.3 is 13.9 Å². The topological polar surface area (TPSA) is 61.6 Å². The molecule has 3 rings (SSSR count). The van der Waals surface area contributed by atoms with Crippen LogP contribution < -0.4 is 0 Å². The van der Waals surface area contributed by atoms with Crippen LogP contribution in [-0.2, 0) is 20.9 Å². The van der Waals surface area contributed by atoms with Crippen molar-refractivity contribution < 1.29 is 18.7 Å². The van der Waals surface area contributed by atoms with Crippen LogP contribution in [0.5, 0.6) is 0 Å². The van der Waals surface area contributed by atoms with Gasteiger partial charge in [0.1, 0.15) is 6.61 Å². The number of hydrogen-bond donors (Lipinski definition) is 0. The average molecular weight is 321 g/mol. The van der Waals surface area contributed by atoms with E-state index in [4.69, 9.17) is 13.9 Å². The first-order valence-corrected chi connectivity index (χ1v) is 8.69. The number of aromatic nitrogens is 1. The van der Waals surface area contributed by atoms with Crippen LogP contribution in [0, 0.1) is 18.8 Å². The molecule has 0 bridgehead atoms. The largest absolute Gasteiger partial charge is 0.464 e. The Balaban J connectivity index is 1.65. The fraction of sp³-hybridized carbons (Fsp3) is 0.778.